The molecule has 0 aliphatic rings. The third-order valence-corrected chi connectivity index (χ3v) is 5.51. The van der Waals surface area contributed by atoms with Crippen LogP contribution in [0, 0.1) is 0 Å². The normalized spacial score (nSPS) is 11.0. The molecule has 33 heavy (non-hydrogen) atoms. The van der Waals surface area contributed by atoms with Crippen LogP contribution in [0.15, 0.2) is 49.2 Å². The Morgan fingerprint density at radius 3 is 2.73 bits per heavy atom. The van der Waals surface area contributed by atoms with E-state index >= 15 is 0 Å². The van der Waals surface area contributed by atoms with Crippen molar-refractivity contribution in [2.45, 2.75) is 26.7 Å². The van der Waals surface area contributed by atoms with Crippen molar-refractivity contribution in [2.24, 2.45) is 7.05 Å². The lowest BCUT2D eigenvalue weighted by molar-refractivity contribution is 0.0949. The van der Waals surface area contributed by atoms with Gasteiger partial charge in [0.15, 0.2) is 0 Å². The standard InChI is InChI=1S/C25H34N6O2/c1-5-8-13-27-24(32)22-18-20(12-15-26-22)33-19-10-11-23-21(17-19)29-25(30(23)4)28-14-9-16-31(6-2)7-3/h5,10-12,15,17-18H,1,6-9,13-14,16H2,2-4H3,(H,27,32)(H,28,29). The van der Waals surface area contributed by atoms with Gasteiger partial charge in [0.2, 0.25) is 5.95 Å². The molecule has 0 radical (unpaired) electrons. The molecule has 0 spiro atoms. The second kappa shape index (κ2) is 12.0. The highest BCUT2D eigenvalue weighted by Gasteiger charge is 2.11. The lowest BCUT2D eigenvalue weighted by Crippen LogP contribution is -2.25. The molecule has 2 aromatic heterocycles. The average molecular weight is 451 g/mol. The van der Waals surface area contributed by atoms with Crippen molar-refractivity contribution >= 4 is 22.9 Å². The molecule has 1 aromatic carbocycles. The highest BCUT2D eigenvalue weighted by Crippen LogP contribution is 2.27. The number of fused-ring (bicyclic) bond motifs is 1. The lowest BCUT2D eigenvalue weighted by atomic mass is 10.3. The molecule has 2 heterocycles. The number of hydrogen-bond donors (Lipinski definition) is 2. The molecule has 176 valence electrons. The average Bonchev–Trinajstić information content (AvgIpc) is 3.14. The predicted octanol–water partition coefficient (Wildman–Crippen LogP) is 4.21. The van der Waals surface area contributed by atoms with E-state index in [4.69, 9.17) is 9.72 Å². The van der Waals surface area contributed by atoms with Crippen LogP contribution in [0.25, 0.3) is 11.0 Å². The number of carbonyl (C=O) groups excluding carboxylic acids is 1. The molecule has 0 bridgehead atoms. The maximum Gasteiger partial charge on any atom is 0.270 e. The van der Waals surface area contributed by atoms with Crippen molar-refractivity contribution in [3.8, 4) is 11.5 Å². The number of aromatic nitrogens is 3. The first kappa shape index (κ1) is 24.3. The van der Waals surface area contributed by atoms with Gasteiger partial charge >= 0.3 is 0 Å². The van der Waals surface area contributed by atoms with E-state index in [0.29, 0.717) is 30.2 Å². The first-order valence-corrected chi connectivity index (χ1v) is 11.5. The van der Waals surface area contributed by atoms with Crippen molar-refractivity contribution < 1.29 is 9.53 Å². The summed E-state index contributed by atoms with van der Waals surface area (Å²) in [6, 6.07) is 9.16. The topological polar surface area (TPSA) is 84.3 Å². The number of rotatable bonds is 13. The molecule has 2 N–H and O–H groups in total. The summed E-state index contributed by atoms with van der Waals surface area (Å²) in [4.78, 5) is 23.5. The van der Waals surface area contributed by atoms with E-state index in [-0.39, 0.29) is 5.91 Å². The Morgan fingerprint density at radius 2 is 1.97 bits per heavy atom. The number of ether oxygens (including phenoxy) is 1. The quantitative estimate of drug-likeness (QED) is 0.300. The zero-order valence-electron chi connectivity index (χ0n) is 19.8. The van der Waals surface area contributed by atoms with Gasteiger partial charge < -0.3 is 24.8 Å². The number of nitrogens with one attached hydrogen (secondary N) is 2. The molecular weight excluding hydrogens is 416 g/mol. The Bertz CT molecular complexity index is 1070. The highest BCUT2D eigenvalue weighted by atomic mass is 16.5. The molecule has 0 saturated heterocycles. The van der Waals surface area contributed by atoms with E-state index in [1.165, 1.54) is 0 Å². The summed E-state index contributed by atoms with van der Waals surface area (Å²) in [7, 11) is 2.00. The SMILES string of the molecule is C=CCCNC(=O)c1cc(Oc2ccc3c(c2)nc(NCCCN(CC)CC)n3C)ccn1. The van der Waals surface area contributed by atoms with Crippen LogP contribution in [0.1, 0.15) is 37.2 Å². The van der Waals surface area contributed by atoms with Crippen LogP contribution >= 0.6 is 0 Å². The predicted molar refractivity (Wildman–Crippen MR) is 133 cm³/mol. The van der Waals surface area contributed by atoms with Gasteiger partial charge in [-0.1, -0.05) is 19.9 Å². The Kier molecular flexibility index (Phi) is 8.83. The molecule has 0 aliphatic carbocycles. The van der Waals surface area contributed by atoms with E-state index < -0.39 is 0 Å². The van der Waals surface area contributed by atoms with Gasteiger partial charge in [-0.25, -0.2) is 4.98 Å². The van der Waals surface area contributed by atoms with Gasteiger partial charge in [-0.05, 0) is 50.7 Å². The fourth-order valence-corrected chi connectivity index (χ4v) is 3.56. The number of pyridine rings is 1. The van der Waals surface area contributed by atoms with Crippen LogP contribution in [0.4, 0.5) is 5.95 Å². The number of amides is 1. The van der Waals surface area contributed by atoms with E-state index in [1.807, 2.05) is 25.2 Å². The Morgan fingerprint density at radius 1 is 1.18 bits per heavy atom. The van der Waals surface area contributed by atoms with Gasteiger partial charge in [0.25, 0.3) is 5.91 Å². The first-order chi connectivity index (χ1) is 16.0. The van der Waals surface area contributed by atoms with Crippen molar-refractivity contribution in [3.63, 3.8) is 0 Å². The summed E-state index contributed by atoms with van der Waals surface area (Å²) >= 11 is 0. The number of aryl methyl sites for hydroxylation is 1. The molecule has 8 heteroatoms. The van der Waals surface area contributed by atoms with E-state index in [0.717, 1.165) is 49.6 Å². The third-order valence-electron chi connectivity index (χ3n) is 5.51. The largest absolute Gasteiger partial charge is 0.457 e. The van der Waals surface area contributed by atoms with Crippen molar-refractivity contribution in [1.82, 2.24) is 24.8 Å². The van der Waals surface area contributed by atoms with Crippen LogP contribution in [-0.2, 0) is 7.05 Å². The summed E-state index contributed by atoms with van der Waals surface area (Å²) in [5.41, 5.74) is 2.18. The fourth-order valence-electron chi connectivity index (χ4n) is 3.56. The number of anilines is 1. The Labute approximate surface area is 195 Å². The zero-order chi connectivity index (χ0) is 23.6. The maximum absolute atomic E-state index is 12.2. The van der Waals surface area contributed by atoms with Gasteiger partial charge in [0, 0.05) is 38.5 Å². The molecule has 8 nitrogen and oxygen atoms in total. The minimum absolute atomic E-state index is 0.237. The van der Waals surface area contributed by atoms with Gasteiger partial charge in [0.1, 0.15) is 17.2 Å². The summed E-state index contributed by atoms with van der Waals surface area (Å²) < 4.78 is 8.04. The molecule has 3 rings (SSSR count). The van der Waals surface area contributed by atoms with Gasteiger partial charge in [0.05, 0.1) is 11.0 Å². The smallest absolute Gasteiger partial charge is 0.270 e. The molecule has 0 aliphatic heterocycles. The summed E-state index contributed by atoms with van der Waals surface area (Å²) in [6.07, 6.45) is 5.09. The molecule has 0 atom stereocenters. The molecule has 3 aromatic rings. The number of benzene rings is 1. The van der Waals surface area contributed by atoms with Gasteiger partial charge in [-0.15, -0.1) is 6.58 Å². The molecule has 0 unspecified atom stereocenters. The van der Waals surface area contributed by atoms with Crippen molar-refractivity contribution in [2.75, 3.05) is 38.0 Å². The second-order valence-electron chi connectivity index (χ2n) is 7.76. The minimum atomic E-state index is -0.237. The van der Waals surface area contributed by atoms with Crippen LogP contribution in [0.5, 0.6) is 11.5 Å². The van der Waals surface area contributed by atoms with E-state index in [9.17, 15) is 4.79 Å². The van der Waals surface area contributed by atoms with Crippen LogP contribution in [0.3, 0.4) is 0 Å². The molecule has 0 saturated carbocycles. The van der Waals surface area contributed by atoms with Gasteiger partial charge in [-0.3, -0.25) is 9.78 Å². The lowest BCUT2D eigenvalue weighted by Gasteiger charge is -2.17. The molecule has 1 amide bonds. The monoisotopic (exact) mass is 450 g/mol. The minimum Gasteiger partial charge on any atom is -0.457 e. The second-order valence-corrected chi connectivity index (χ2v) is 7.76. The van der Waals surface area contributed by atoms with Gasteiger partial charge in [-0.2, -0.15) is 0 Å². The van der Waals surface area contributed by atoms with E-state index in [2.05, 4.69) is 45.5 Å². The zero-order valence-corrected chi connectivity index (χ0v) is 19.8. The molecular formula is C25H34N6O2. The summed E-state index contributed by atoms with van der Waals surface area (Å²) in [5.74, 6) is 1.80. The number of carbonyl (C=O) groups is 1. The fraction of sp³-hybridized carbons (Fsp3) is 0.400. The van der Waals surface area contributed by atoms with Crippen molar-refractivity contribution in [3.05, 3.63) is 54.9 Å². The van der Waals surface area contributed by atoms with Crippen LogP contribution in [-0.4, -0.2) is 58.1 Å². The molecule has 0 fully saturated rings. The first-order valence-electron chi connectivity index (χ1n) is 11.5. The third kappa shape index (κ3) is 6.55. The number of nitrogens with zero attached hydrogens (tertiary/aromatic N) is 4. The van der Waals surface area contributed by atoms with E-state index in [1.54, 1.807) is 24.4 Å². The number of imidazole rings is 1. The highest BCUT2D eigenvalue weighted by molar-refractivity contribution is 5.92. The van der Waals surface area contributed by atoms with Crippen LogP contribution in [0.2, 0.25) is 0 Å². The van der Waals surface area contributed by atoms with Crippen LogP contribution < -0.4 is 15.4 Å². The Balaban J connectivity index is 1.65. The summed E-state index contributed by atoms with van der Waals surface area (Å²) in [5, 5.41) is 6.25. The van der Waals surface area contributed by atoms with Crippen molar-refractivity contribution in [1.29, 1.82) is 0 Å². The number of hydrogen-bond acceptors (Lipinski definition) is 6. The summed E-state index contributed by atoms with van der Waals surface area (Å²) in [6.45, 7) is 12.6. The Hall–Kier alpha value is -3.39. The maximum atomic E-state index is 12.2.